The maximum atomic E-state index is 6.06. The van der Waals surface area contributed by atoms with Gasteiger partial charge in [0.25, 0.3) is 0 Å². The molecule has 3 nitrogen and oxygen atoms in total. The van der Waals surface area contributed by atoms with Gasteiger partial charge in [0.2, 0.25) is 0 Å². The molecule has 20 heavy (non-hydrogen) atoms. The molecule has 112 valence electrons. The molecule has 0 spiro atoms. The molecule has 1 aromatic carbocycles. The molecule has 0 amide bonds. The lowest BCUT2D eigenvalue weighted by molar-refractivity contribution is 0.152. The van der Waals surface area contributed by atoms with Crippen molar-refractivity contribution in [3.8, 4) is 5.75 Å². The maximum Gasteiger partial charge on any atom is 0.137 e. The second-order valence-corrected chi connectivity index (χ2v) is 6.38. The monoisotopic (exact) mass is 340 g/mol. The molecule has 1 saturated heterocycles. The van der Waals surface area contributed by atoms with Crippen LogP contribution in [0, 0.1) is 0 Å². The van der Waals surface area contributed by atoms with Gasteiger partial charge in [-0.1, -0.05) is 18.6 Å². The van der Waals surface area contributed by atoms with Crippen molar-refractivity contribution < 1.29 is 4.74 Å². The van der Waals surface area contributed by atoms with Crippen molar-refractivity contribution in [2.24, 2.45) is 0 Å². The van der Waals surface area contributed by atoms with E-state index in [1.54, 1.807) is 0 Å². The summed E-state index contributed by atoms with van der Waals surface area (Å²) >= 11 is 3.59. The molecule has 1 heterocycles. The van der Waals surface area contributed by atoms with Crippen LogP contribution in [0.25, 0.3) is 0 Å². The van der Waals surface area contributed by atoms with Crippen LogP contribution in [0.4, 0.5) is 0 Å². The normalized spacial score (nSPS) is 20.1. The third kappa shape index (κ3) is 4.21. The first-order valence-electron chi connectivity index (χ1n) is 7.47. The highest BCUT2D eigenvalue weighted by molar-refractivity contribution is 9.10. The van der Waals surface area contributed by atoms with Crippen molar-refractivity contribution in [1.82, 2.24) is 10.2 Å². The fraction of sp³-hybridized carbons (Fsp3) is 0.625. The molecule has 2 rings (SSSR count). The van der Waals surface area contributed by atoms with E-state index in [-0.39, 0.29) is 0 Å². The SMILES string of the molecule is CNCc1cccc(Br)c1OCCC1CCCCN1C. The van der Waals surface area contributed by atoms with Gasteiger partial charge < -0.3 is 15.0 Å². The molecule has 1 fully saturated rings. The van der Waals surface area contributed by atoms with Crippen LogP contribution in [0.1, 0.15) is 31.2 Å². The fourth-order valence-corrected chi connectivity index (χ4v) is 3.37. The fourth-order valence-electron chi connectivity index (χ4n) is 2.85. The van der Waals surface area contributed by atoms with Crippen molar-refractivity contribution in [3.05, 3.63) is 28.2 Å². The zero-order valence-electron chi connectivity index (χ0n) is 12.5. The van der Waals surface area contributed by atoms with Crippen LogP contribution >= 0.6 is 15.9 Å². The van der Waals surface area contributed by atoms with Gasteiger partial charge in [-0.3, -0.25) is 0 Å². The van der Waals surface area contributed by atoms with E-state index in [1.165, 1.54) is 31.4 Å². The Bertz CT molecular complexity index is 425. The van der Waals surface area contributed by atoms with Crippen LogP contribution in [-0.2, 0) is 6.54 Å². The average Bonchev–Trinajstić information content (AvgIpc) is 2.44. The predicted octanol–water partition coefficient (Wildman–Crippen LogP) is 3.42. The number of benzene rings is 1. The lowest BCUT2D eigenvalue weighted by atomic mass is 10.0. The van der Waals surface area contributed by atoms with E-state index in [9.17, 15) is 0 Å². The summed E-state index contributed by atoms with van der Waals surface area (Å²) in [5, 5.41) is 3.19. The topological polar surface area (TPSA) is 24.5 Å². The van der Waals surface area contributed by atoms with Crippen LogP contribution in [0.15, 0.2) is 22.7 Å². The van der Waals surface area contributed by atoms with Gasteiger partial charge in [-0.15, -0.1) is 0 Å². The molecule has 4 heteroatoms. The first-order valence-corrected chi connectivity index (χ1v) is 8.26. The maximum absolute atomic E-state index is 6.06. The Balaban J connectivity index is 1.90. The van der Waals surface area contributed by atoms with Crippen molar-refractivity contribution in [2.75, 3.05) is 27.2 Å². The van der Waals surface area contributed by atoms with Gasteiger partial charge in [-0.2, -0.15) is 0 Å². The highest BCUT2D eigenvalue weighted by atomic mass is 79.9. The molecule has 0 saturated carbocycles. The van der Waals surface area contributed by atoms with Gasteiger partial charge in [-0.05, 0) is 61.9 Å². The van der Waals surface area contributed by atoms with Crippen molar-refractivity contribution in [3.63, 3.8) is 0 Å². The number of likely N-dealkylation sites (tertiary alicyclic amines) is 1. The van der Waals surface area contributed by atoms with Crippen molar-refractivity contribution in [2.45, 2.75) is 38.3 Å². The lowest BCUT2D eigenvalue weighted by Gasteiger charge is -2.32. The summed E-state index contributed by atoms with van der Waals surface area (Å²) in [6, 6.07) is 6.89. The van der Waals surface area contributed by atoms with Crippen molar-refractivity contribution >= 4 is 15.9 Å². The van der Waals surface area contributed by atoms with E-state index in [2.05, 4.69) is 45.3 Å². The van der Waals surface area contributed by atoms with Crippen LogP contribution in [-0.4, -0.2) is 38.2 Å². The summed E-state index contributed by atoms with van der Waals surface area (Å²) in [6.07, 6.45) is 5.11. The smallest absolute Gasteiger partial charge is 0.137 e. The van der Waals surface area contributed by atoms with E-state index in [0.717, 1.165) is 29.8 Å². The quantitative estimate of drug-likeness (QED) is 0.858. The Morgan fingerprint density at radius 1 is 1.40 bits per heavy atom. The summed E-state index contributed by atoms with van der Waals surface area (Å²) in [6.45, 7) is 2.84. The number of rotatable bonds is 6. The second kappa shape index (κ2) is 8.01. The van der Waals surface area contributed by atoms with E-state index in [4.69, 9.17) is 4.74 Å². The van der Waals surface area contributed by atoms with Gasteiger partial charge in [0, 0.05) is 18.2 Å². The number of hydrogen-bond donors (Lipinski definition) is 1. The zero-order valence-corrected chi connectivity index (χ0v) is 14.1. The highest BCUT2D eigenvalue weighted by Crippen LogP contribution is 2.29. The number of nitrogens with one attached hydrogen (secondary N) is 1. The average molecular weight is 341 g/mol. The Labute approximate surface area is 130 Å². The lowest BCUT2D eigenvalue weighted by Crippen LogP contribution is -2.37. The Morgan fingerprint density at radius 2 is 2.25 bits per heavy atom. The predicted molar refractivity (Wildman–Crippen MR) is 87.3 cm³/mol. The largest absolute Gasteiger partial charge is 0.492 e. The van der Waals surface area contributed by atoms with Crippen LogP contribution in [0.3, 0.4) is 0 Å². The van der Waals surface area contributed by atoms with E-state index in [1.807, 2.05) is 13.1 Å². The number of piperidine rings is 1. The summed E-state index contributed by atoms with van der Waals surface area (Å²) in [4.78, 5) is 2.47. The number of nitrogens with zero attached hydrogens (tertiary/aromatic N) is 1. The molecular formula is C16H25BrN2O. The molecule has 1 aliphatic rings. The van der Waals surface area contributed by atoms with E-state index in [0.29, 0.717) is 6.04 Å². The molecule has 1 atom stereocenters. The third-order valence-electron chi connectivity index (χ3n) is 4.03. The number of hydrogen-bond acceptors (Lipinski definition) is 3. The zero-order chi connectivity index (χ0) is 14.4. The number of ether oxygens (including phenoxy) is 1. The highest BCUT2D eigenvalue weighted by Gasteiger charge is 2.18. The molecule has 0 bridgehead atoms. The molecular weight excluding hydrogens is 316 g/mol. The van der Waals surface area contributed by atoms with Gasteiger partial charge in [0.05, 0.1) is 11.1 Å². The molecule has 0 radical (unpaired) electrons. The molecule has 1 aromatic rings. The molecule has 0 aromatic heterocycles. The number of halogens is 1. The van der Waals surface area contributed by atoms with E-state index >= 15 is 0 Å². The minimum Gasteiger partial charge on any atom is -0.492 e. The molecule has 1 N–H and O–H groups in total. The Kier molecular flexibility index (Phi) is 6.33. The summed E-state index contributed by atoms with van der Waals surface area (Å²) in [5.74, 6) is 0.986. The summed E-state index contributed by atoms with van der Waals surface area (Å²) in [5.41, 5.74) is 1.21. The van der Waals surface area contributed by atoms with Crippen molar-refractivity contribution in [1.29, 1.82) is 0 Å². The second-order valence-electron chi connectivity index (χ2n) is 5.53. The standard InChI is InChI=1S/C16H25BrN2O/c1-18-12-13-6-5-8-15(17)16(13)20-11-9-14-7-3-4-10-19(14)2/h5-6,8,14,18H,3-4,7,9-12H2,1-2H3. The van der Waals surface area contributed by atoms with Gasteiger partial charge in [-0.25, -0.2) is 0 Å². The summed E-state index contributed by atoms with van der Waals surface area (Å²) < 4.78 is 7.10. The molecule has 1 unspecified atom stereocenters. The Hall–Kier alpha value is -0.580. The molecule has 1 aliphatic heterocycles. The van der Waals surface area contributed by atoms with Crippen LogP contribution in [0.2, 0.25) is 0 Å². The van der Waals surface area contributed by atoms with Gasteiger partial charge in [0.1, 0.15) is 5.75 Å². The van der Waals surface area contributed by atoms with Gasteiger partial charge in [0.15, 0.2) is 0 Å². The van der Waals surface area contributed by atoms with E-state index < -0.39 is 0 Å². The first-order chi connectivity index (χ1) is 9.72. The first kappa shape index (κ1) is 15.8. The minimum absolute atomic E-state index is 0.680. The van der Waals surface area contributed by atoms with Crippen LogP contribution < -0.4 is 10.1 Å². The van der Waals surface area contributed by atoms with Crippen LogP contribution in [0.5, 0.6) is 5.75 Å². The minimum atomic E-state index is 0.680. The molecule has 0 aliphatic carbocycles. The summed E-state index contributed by atoms with van der Waals surface area (Å²) in [7, 11) is 4.19. The third-order valence-corrected chi connectivity index (χ3v) is 4.66. The number of para-hydroxylation sites is 1. The Morgan fingerprint density at radius 3 is 3.00 bits per heavy atom. The van der Waals surface area contributed by atoms with Gasteiger partial charge >= 0.3 is 0 Å².